The summed E-state index contributed by atoms with van der Waals surface area (Å²) in [6.45, 7) is -2.67. The van der Waals surface area contributed by atoms with Crippen molar-refractivity contribution in [3.63, 3.8) is 0 Å². The molecule has 1 aliphatic rings. The molecule has 1 fully saturated rings. The summed E-state index contributed by atoms with van der Waals surface area (Å²) in [5.74, 6) is 0. The lowest BCUT2D eigenvalue weighted by atomic mass is 10.0. The molecule has 1 unspecified atom stereocenters. The summed E-state index contributed by atoms with van der Waals surface area (Å²) in [6, 6.07) is 0. The first-order valence-corrected chi connectivity index (χ1v) is 3.13. The summed E-state index contributed by atoms with van der Waals surface area (Å²) in [5.41, 5.74) is 0. The highest BCUT2D eigenvalue weighted by Gasteiger charge is 2.40. The Labute approximate surface area is 68.1 Å². The lowest BCUT2D eigenvalue weighted by Crippen LogP contribution is -2.56. The monoisotopic (exact) mass is 168 g/mol. The van der Waals surface area contributed by atoms with Gasteiger partial charge in [-0.3, -0.25) is 0 Å². The van der Waals surface area contributed by atoms with Gasteiger partial charge in [0.05, 0.1) is 6.10 Å². The van der Waals surface area contributed by atoms with Gasteiger partial charge in [0.15, 0.2) is 6.29 Å². The molecule has 0 amide bonds. The van der Waals surface area contributed by atoms with E-state index in [1.54, 1.807) is 0 Å². The van der Waals surface area contributed by atoms with Crippen LogP contribution in [0.5, 0.6) is 0 Å². The fourth-order valence-electron chi connectivity index (χ4n) is 0.861. The molecule has 5 nitrogen and oxygen atoms in total. The molecule has 1 heterocycles. The second-order valence-electron chi connectivity index (χ2n) is 2.42. The summed E-state index contributed by atoms with van der Waals surface area (Å²) in [7, 11) is 0. The van der Waals surface area contributed by atoms with Crippen molar-refractivity contribution in [2.24, 2.45) is 0 Å². The second kappa shape index (κ2) is 3.04. The maximum atomic E-state index is 9.26. The molecule has 4 N–H and O–H groups in total. The van der Waals surface area contributed by atoms with Crippen molar-refractivity contribution < 1.29 is 29.3 Å². The normalized spacial score (nSPS) is 57.8. The zero-order valence-corrected chi connectivity index (χ0v) is 5.58. The van der Waals surface area contributed by atoms with Crippen molar-refractivity contribution in [2.45, 2.75) is 37.6 Å². The van der Waals surface area contributed by atoms with Crippen LogP contribution in [-0.2, 0) is 4.74 Å². The van der Waals surface area contributed by atoms with Crippen LogP contribution in [0, 0.1) is 0 Å². The highest BCUT2D eigenvalue weighted by molar-refractivity contribution is 4.86. The van der Waals surface area contributed by atoms with Crippen LogP contribution < -0.4 is 0 Å². The van der Waals surface area contributed by atoms with Crippen molar-refractivity contribution in [3.05, 3.63) is 0 Å². The highest BCUT2D eigenvalue weighted by atomic mass is 16.6. The Bertz CT molecular complexity index is 208. The average molecular weight is 168 g/mol. The standard InChI is InChI=1S/C6H12O5/c1-2-3(7)4(8)5(9)6(10)11-2/h2-10H,1H3/t2-,3-,4+,5-,6?/m1/s1/i1+1D3. The first kappa shape index (κ1) is 5.45. The van der Waals surface area contributed by atoms with Gasteiger partial charge in [-0.25, -0.2) is 0 Å². The molecule has 5 atom stereocenters. The summed E-state index contributed by atoms with van der Waals surface area (Å²) in [5, 5.41) is 36.5. The Morgan fingerprint density at radius 1 is 1.09 bits per heavy atom. The van der Waals surface area contributed by atoms with Gasteiger partial charge in [0.1, 0.15) is 18.3 Å². The van der Waals surface area contributed by atoms with Gasteiger partial charge >= 0.3 is 0 Å². The Hall–Kier alpha value is -0.200. The smallest absolute Gasteiger partial charge is 0.183 e. The van der Waals surface area contributed by atoms with E-state index in [9.17, 15) is 5.11 Å². The molecule has 0 aromatic carbocycles. The predicted molar refractivity (Wildman–Crippen MR) is 34.6 cm³/mol. The van der Waals surface area contributed by atoms with Crippen LogP contribution in [-0.4, -0.2) is 51.1 Å². The SMILES string of the molecule is [2H][13C]([2H])([2H])[C@H]1OC(O)[C@H](O)[C@@H](O)[C@@H]1O. The summed E-state index contributed by atoms with van der Waals surface area (Å²) >= 11 is 0. The van der Waals surface area contributed by atoms with Gasteiger partial charge in [0.25, 0.3) is 0 Å². The topological polar surface area (TPSA) is 90.2 Å². The van der Waals surface area contributed by atoms with Gasteiger partial charge in [-0.1, -0.05) is 0 Å². The molecule has 0 spiro atoms. The average Bonchev–Trinajstić information content (AvgIpc) is 2.06. The van der Waals surface area contributed by atoms with E-state index in [1.165, 1.54) is 0 Å². The number of hydrogen-bond acceptors (Lipinski definition) is 5. The first-order chi connectivity index (χ1) is 6.25. The number of rotatable bonds is 0. The lowest BCUT2D eigenvalue weighted by molar-refractivity contribution is -0.277. The molecule has 1 aliphatic heterocycles. The van der Waals surface area contributed by atoms with Crippen molar-refractivity contribution in [1.29, 1.82) is 0 Å². The van der Waals surface area contributed by atoms with Crippen LogP contribution in [0.3, 0.4) is 0 Å². The van der Waals surface area contributed by atoms with Crippen LogP contribution in [0.4, 0.5) is 0 Å². The van der Waals surface area contributed by atoms with Crippen LogP contribution in [0.2, 0.25) is 0 Å². The third kappa shape index (κ3) is 1.52. The molecule has 0 aromatic rings. The molecule has 0 aliphatic carbocycles. The quantitative estimate of drug-likeness (QED) is 0.308. The zero-order valence-electron chi connectivity index (χ0n) is 8.58. The van der Waals surface area contributed by atoms with Gasteiger partial charge in [0.2, 0.25) is 0 Å². The Morgan fingerprint density at radius 2 is 1.73 bits per heavy atom. The second-order valence-corrected chi connectivity index (χ2v) is 2.42. The molecule has 0 bridgehead atoms. The fraction of sp³-hybridized carbons (Fsp3) is 1.00. The van der Waals surface area contributed by atoms with Gasteiger partial charge in [-0.15, -0.1) is 0 Å². The number of ether oxygens (including phenoxy) is 1. The van der Waals surface area contributed by atoms with E-state index in [-0.39, 0.29) is 0 Å². The Kier molecular flexibility index (Phi) is 1.51. The lowest BCUT2D eigenvalue weighted by Gasteiger charge is -2.36. The molecular formula is C6H12O5. The van der Waals surface area contributed by atoms with Gasteiger partial charge < -0.3 is 25.2 Å². The maximum Gasteiger partial charge on any atom is 0.183 e. The zero-order chi connectivity index (χ0) is 11.1. The van der Waals surface area contributed by atoms with Gasteiger partial charge in [-0.05, 0) is 6.85 Å². The minimum Gasteiger partial charge on any atom is -0.388 e. The number of aliphatic hydroxyl groups is 4. The number of hydrogen-bond donors (Lipinski definition) is 4. The molecule has 1 rings (SSSR count). The van der Waals surface area contributed by atoms with E-state index in [0.717, 1.165) is 0 Å². The molecule has 0 radical (unpaired) electrons. The van der Waals surface area contributed by atoms with E-state index in [2.05, 4.69) is 4.74 Å². The molecule has 5 heteroatoms. The van der Waals surface area contributed by atoms with E-state index < -0.39 is 37.6 Å². The third-order valence-electron chi connectivity index (χ3n) is 1.59. The molecule has 1 saturated heterocycles. The fourth-order valence-corrected chi connectivity index (χ4v) is 0.861. The van der Waals surface area contributed by atoms with Crippen LogP contribution in [0.15, 0.2) is 0 Å². The van der Waals surface area contributed by atoms with Gasteiger partial charge in [-0.2, -0.15) is 0 Å². The summed E-state index contributed by atoms with van der Waals surface area (Å²) < 4.78 is 25.3. The van der Waals surface area contributed by atoms with Crippen molar-refractivity contribution >= 4 is 0 Å². The first-order valence-electron chi connectivity index (χ1n) is 4.63. The molecule has 0 aromatic heterocycles. The molecular weight excluding hydrogens is 153 g/mol. The van der Waals surface area contributed by atoms with E-state index in [1.807, 2.05) is 0 Å². The van der Waals surface area contributed by atoms with Crippen molar-refractivity contribution in [2.75, 3.05) is 0 Å². The molecule has 66 valence electrons. The van der Waals surface area contributed by atoms with Crippen LogP contribution in [0.1, 0.15) is 11.0 Å². The third-order valence-corrected chi connectivity index (χ3v) is 1.59. The Balaban J connectivity index is 2.81. The summed E-state index contributed by atoms with van der Waals surface area (Å²) in [6.07, 6.45) is -8.69. The highest BCUT2D eigenvalue weighted by Crippen LogP contribution is 2.18. The van der Waals surface area contributed by atoms with E-state index in [0.29, 0.717) is 0 Å². The van der Waals surface area contributed by atoms with Crippen molar-refractivity contribution in [3.8, 4) is 0 Å². The number of aliphatic hydroxyl groups excluding tert-OH is 4. The largest absolute Gasteiger partial charge is 0.388 e. The van der Waals surface area contributed by atoms with Crippen molar-refractivity contribution in [1.82, 2.24) is 0 Å². The van der Waals surface area contributed by atoms with Crippen LogP contribution in [0.25, 0.3) is 0 Å². The predicted octanol–water partition coefficient (Wildman–Crippen LogP) is -2.19. The van der Waals surface area contributed by atoms with Gasteiger partial charge in [0, 0.05) is 4.11 Å². The van der Waals surface area contributed by atoms with E-state index >= 15 is 0 Å². The minimum atomic E-state index is -2.67. The Morgan fingerprint density at radius 3 is 2.27 bits per heavy atom. The van der Waals surface area contributed by atoms with E-state index in [4.69, 9.17) is 19.4 Å². The molecule has 0 saturated carbocycles. The van der Waals surface area contributed by atoms with Crippen LogP contribution >= 0.6 is 0 Å². The minimum absolute atomic E-state index is 1.70. The molecule has 11 heavy (non-hydrogen) atoms. The summed E-state index contributed by atoms with van der Waals surface area (Å²) in [4.78, 5) is 0. The maximum absolute atomic E-state index is 9.26.